The molecule has 1 aromatic heterocycles. The van der Waals surface area contributed by atoms with Crippen LogP contribution in [0.25, 0.3) is 0 Å². The minimum atomic E-state index is -0.596. The Morgan fingerprint density at radius 3 is 2.79 bits per heavy atom. The lowest BCUT2D eigenvalue weighted by atomic mass is 10.2. The van der Waals surface area contributed by atoms with E-state index in [-0.39, 0.29) is 16.8 Å². The molecular weight excluding hydrogens is 350 g/mol. The van der Waals surface area contributed by atoms with E-state index in [2.05, 4.69) is 15.6 Å². The van der Waals surface area contributed by atoms with Gasteiger partial charge in [-0.3, -0.25) is 9.59 Å². The summed E-state index contributed by atoms with van der Waals surface area (Å²) in [6, 6.07) is 2.60. The van der Waals surface area contributed by atoms with E-state index in [4.69, 9.17) is 16.3 Å². The molecule has 1 heterocycles. The van der Waals surface area contributed by atoms with E-state index in [1.165, 1.54) is 12.8 Å². The number of halogens is 1. The van der Waals surface area contributed by atoms with Crippen LogP contribution >= 0.6 is 23.4 Å². The SMILES string of the molecule is CNC(=O)C(CCSC)NC(=O)c1ccc(OCC2CC2)c(Cl)n1. The second-order valence-electron chi connectivity index (χ2n) is 5.66. The van der Waals surface area contributed by atoms with Crippen molar-refractivity contribution in [1.82, 2.24) is 15.6 Å². The fourth-order valence-corrected chi connectivity index (χ4v) is 2.74. The maximum atomic E-state index is 12.3. The predicted molar refractivity (Wildman–Crippen MR) is 95.8 cm³/mol. The van der Waals surface area contributed by atoms with Crippen LogP contribution in [0.15, 0.2) is 12.1 Å². The Morgan fingerprint density at radius 1 is 1.46 bits per heavy atom. The first-order valence-electron chi connectivity index (χ1n) is 7.86. The van der Waals surface area contributed by atoms with Crippen molar-refractivity contribution in [2.45, 2.75) is 25.3 Å². The highest BCUT2D eigenvalue weighted by molar-refractivity contribution is 7.98. The maximum absolute atomic E-state index is 12.3. The van der Waals surface area contributed by atoms with Crippen molar-refractivity contribution in [3.63, 3.8) is 0 Å². The first-order chi connectivity index (χ1) is 11.5. The fourth-order valence-electron chi connectivity index (χ4n) is 2.06. The van der Waals surface area contributed by atoms with Crippen LogP contribution in [0.2, 0.25) is 5.15 Å². The average molecular weight is 372 g/mol. The largest absolute Gasteiger partial charge is 0.490 e. The molecule has 1 saturated carbocycles. The summed E-state index contributed by atoms with van der Waals surface area (Å²) in [6.45, 7) is 0.625. The molecule has 2 N–H and O–H groups in total. The Morgan fingerprint density at radius 2 is 2.21 bits per heavy atom. The van der Waals surface area contributed by atoms with Gasteiger partial charge in [-0.1, -0.05) is 11.6 Å². The maximum Gasteiger partial charge on any atom is 0.270 e. The number of nitrogens with one attached hydrogen (secondary N) is 2. The molecule has 2 rings (SSSR count). The molecule has 2 amide bonds. The highest BCUT2D eigenvalue weighted by Gasteiger charge is 2.23. The Balaban J connectivity index is 1.98. The van der Waals surface area contributed by atoms with Gasteiger partial charge in [0.1, 0.15) is 11.7 Å². The molecule has 1 fully saturated rings. The third-order valence-corrected chi connectivity index (χ3v) is 4.61. The Labute approximate surface area is 151 Å². The van der Waals surface area contributed by atoms with Crippen LogP contribution in [-0.2, 0) is 4.79 Å². The quantitative estimate of drug-likeness (QED) is 0.650. The van der Waals surface area contributed by atoms with Crippen molar-refractivity contribution in [2.24, 2.45) is 5.92 Å². The number of thioether (sulfide) groups is 1. The minimum absolute atomic E-state index is 0.156. The highest BCUT2D eigenvalue weighted by atomic mass is 35.5. The number of carbonyl (C=O) groups excluding carboxylic acids is 2. The smallest absolute Gasteiger partial charge is 0.270 e. The Hall–Kier alpha value is -1.47. The van der Waals surface area contributed by atoms with Gasteiger partial charge in [-0.2, -0.15) is 11.8 Å². The summed E-state index contributed by atoms with van der Waals surface area (Å²) >= 11 is 7.70. The summed E-state index contributed by atoms with van der Waals surface area (Å²) in [5.41, 5.74) is 0.164. The number of hydrogen-bond acceptors (Lipinski definition) is 5. The summed E-state index contributed by atoms with van der Waals surface area (Å²) in [5.74, 6) is 1.19. The summed E-state index contributed by atoms with van der Waals surface area (Å²) in [5, 5.41) is 5.41. The van der Waals surface area contributed by atoms with Gasteiger partial charge in [0.2, 0.25) is 5.91 Å². The normalized spacial score (nSPS) is 14.8. The molecular formula is C16H22ClN3O3S. The van der Waals surface area contributed by atoms with Gasteiger partial charge in [0, 0.05) is 7.05 Å². The van der Waals surface area contributed by atoms with Crippen LogP contribution in [0.5, 0.6) is 5.75 Å². The van der Waals surface area contributed by atoms with Gasteiger partial charge in [-0.25, -0.2) is 4.98 Å². The number of rotatable bonds is 9. The third-order valence-electron chi connectivity index (χ3n) is 3.70. The van der Waals surface area contributed by atoms with Gasteiger partial charge in [-0.15, -0.1) is 0 Å². The zero-order valence-corrected chi connectivity index (χ0v) is 15.4. The van der Waals surface area contributed by atoms with Gasteiger partial charge in [0.25, 0.3) is 5.91 Å². The van der Waals surface area contributed by atoms with Gasteiger partial charge in [0.05, 0.1) is 6.61 Å². The summed E-state index contributed by atoms with van der Waals surface area (Å²) in [6.07, 6.45) is 4.86. The third kappa shape index (κ3) is 5.56. The molecule has 1 atom stereocenters. The number of hydrogen-bond donors (Lipinski definition) is 2. The molecule has 1 unspecified atom stereocenters. The molecule has 0 radical (unpaired) electrons. The number of carbonyl (C=O) groups is 2. The van der Waals surface area contributed by atoms with Gasteiger partial charge in [0.15, 0.2) is 10.9 Å². The van der Waals surface area contributed by atoms with Crippen LogP contribution in [0, 0.1) is 5.92 Å². The molecule has 1 aromatic rings. The van der Waals surface area contributed by atoms with E-state index in [0.717, 1.165) is 5.75 Å². The zero-order valence-electron chi connectivity index (χ0n) is 13.8. The molecule has 24 heavy (non-hydrogen) atoms. The number of ether oxygens (including phenoxy) is 1. The van der Waals surface area contributed by atoms with Crippen LogP contribution in [0.3, 0.4) is 0 Å². The standard InChI is InChI=1S/C16H22ClN3O3S/c1-18-15(21)12(7-8-24-2)20-16(22)11-5-6-13(14(17)19-11)23-9-10-3-4-10/h5-6,10,12H,3-4,7-9H2,1-2H3,(H,18,21)(H,20,22). The first kappa shape index (κ1) is 18.9. The monoisotopic (exact) mass is 371 g/mol. The van der Waals surface area contributed by atoms with Crippen molar-refractivity contribution < 1.29 is 14.3 Å². The number of amides is 2. The lowest BCUT2D eigenvalue weighted by molar-refractivity contribution is -0.122. The van der Waals surface area contributed by atoms with Crippen LogP contribution < -0.4 is 15.4 Å². The van der Waals surface area contributed by atoms with Crippen molar-refractivity contribution >= 4 is 35.2 Å². The number of likely N-dealkylation sites (N-methyl/N-ethyl adjacent to an activating group) is 1. The van der Waals surface area contributed by atoms with Crippen LogP contribution in [0.4, 0.5) is 0 Å². The fraction of sp³-hybridized carbons (Fsp3) is 0.562. The second-order valence-corrected chi connectivity index (χ2v) is 7.01. The Kier molecular flexibility index (Phi) is 7.17. The van der Waals surface area contributed by atoms with E-state index in [1.54, 1.807) is 30.9 Å². The predicted octanol–water partition coefficient (Wildman–Crippen LogP) is 2.12. The van der Waals surface area contributed by atoms with Gasteiger partial charge >= 0.3 is 0 Å². The molecule has 6 nitrogen and oxygen atoms in total. The average Bonchev–Trinajstić information content (AvgIpc) is 3.40. The number of pyridine rings is 1. The number of aromatic nitrogens is 1. The van der Waals surface area contributed by atoms with Crippen molar-refractivity contribution in [3.8, 4) is 5.75 Å². The molecule has 0 aliphatic heterocycles. The molecule has 0 spiro atoms. The van der Waals surface area contributed by atoms with Gasteiger partial charge < -0.3 is 15.4 Å². The highest BCUT2D eigenvalue weighted by Crippen LogP contribution is 2.31. The summed E-state index contributed by atoms with van der Waals surface area (Å²) < 4.78 is 5.59. The topological polar surface area (TPSA) is 80.3 Å². The van der Waals surface area contributed by atoms with Crippen molar-refractivity contribution in [2.75, 3.05) is 25.7 Å². The van der Waals surface area contributed by atoms with Crippen molar-refractivity contribution in [3.05, 3.63) is 23.0 Å². The second kappa shape index (κ2) is 9.13. The van der Waals surface area contributed by atoms with Crippen LogP contribution in [-0.4, -0.2) is 48.5 Å². The molecule has 0 saturated heterocycles. The number of nitrogens with zero attached hydrogens (tertiary/aromatic N) is 1. The lowest BCUT2D eigenvalue weighted by Crippen LogP contribution is -2.46. The molecule has 1 aliphatic rings. The Bertz CT molecular complexity index is 596. The molecule has 132 valence electrons. The van der Waals surface area contributed by atoms with E-state index in [1.807, 2.05) is 6.26 Å². The van der Waals surface area contributed by atoms with E-state index in [9.17, 15) is 9.59 Å². The van der Waals surface area contributed by atoms with Crippen molar-refractivity contribution in [1.29, 1.82) is 0 Å². The van der Waals surface area contributed by atoms with E-state index in [0.29, 0.717) is 24.7 Å². The summed E-state index contributed by atoms with van der Waals surface area (Å²) in [4.78, 5) is 28.3. The minimum Gasteiger partial charge on any atom is -0.490 e. The van der Waals surface area contributed by atoms with Gasteiger partial charge in [-0.05, 0) is 49.3 Å². The first-order valence-corrected chi connectivity index (χ1v) is 9.63. The molecule has 1 aliphatic carbocycles. The molecule has 8 heteroatoms. The van der Waals surface area contributed by atoms with Crippen LogP contribution in [0.1, 0.15) is 29.8 Å². The molecule has 0 bridgehead atoms. The van der Waals surface area contributed by atoms with E-state index >= 15 is 0 Å². The molecule has 0 aromatic carbocycles. The lowest BCUT2D eigenvalue weighted by Gasteiger charge is -2.16. The zero-order chi connectivity index (χ0) is 17.5. The van der Waals surface area contributed by atoms with E-state index < -0.39 is 11.9 Å². The summed E-state index contributed by atoms with van der Waals surface area (Å²) in [7, 11) is 1.54.